The maximum Gasteiger partial charge on any atom is 0.417 e. The second-order valence-corrected chi connectivity index (χ2v) is 7.01. The van der Waals surface area contributed by atoms with Gasteiger partial charge in [0.2, 0.25) is 0 Å². The number of rotatable bonds is 7. The van der Waals surface area contributed by atoms with Crippen LogP contribution in [0.15, 0.2) is 65.9 Å². The molecule has 0 radical (unpaired) electrons. The van der Waals surface area contributed by atoms with E-state index in [1.54, 1.807) is 24.3 Å². The number of carbonyl (C=O) groups excluding carboxylic acids is 1. The number of aryl methyl sites for hydroxylation is 2. The Labute approximate surface area is 183 Å². The molecule has 6 nitrogen and oxygen atoms in total. The first-order valence-electron chi connectivity index (χ1n) is 9.63. The lowest BCUT2D eigenvalue weighted by Crippen LogP contribution is -2.20. The van der Waals surface area contributed by atoms with Gasteiger partial charge in [-0.05, 0) is 66.9 Å². The third-order valence-corrected chi connectivity index (χ3v) is 4.50. The van der Waals surface area contributed by atoms with Crippen molar-refractivity contribution in [2.24, 2.45) is 5.10 Å². The molecule has 0 aliphatic heterocycles. The van der Waals surface area contributed by atoms with Gasteiger partial charge in [0.25, 0.3) is 5.91 Å². The summed E-state index contributed by atoms with van der Waals surface area (Å²) in [4.78, 5) is 15.8. The Morgan fingerprint density at radius 3 is 2.59 bits per heavy atom. The van der Waals surface area contributed by atoms with Gasteiger partial charge in [0.15, 0.2) is 6.61 Å². The first kappa shape index (κ1) is 22.8. The smallest absolute Gasteiger partial charge is 0.417 e. The second kappa shape index (κ2) is 9.95. The fourth-order valence-electron chi connectivity index (χ4n) is 2.65. The summed E-state index contributed by atoms with van der Waals surface area (Å²) in [6.45, 7) is 3.80. The van der Waals surface area contributed by atoms with Crippen LogP contribution in [-0.2, 0) is 11.0 Å². The number of pyridine rings is 1. The van der Waals surface area contributed by atoms with Gasteiger partial charge >= 0.3 is 6.18 Å². The Morgan fingerprint density at radius 2 is 1.91 bits per heavy atom. The summed E-state index contributed by atoms with van der Waals surface area (Å²) in [6.07, 6.45) is -2.25. The summed E-state index contributed by atoms with van der Waals surface area (Å²) in [5.74, 6) is 0.351. The van der Waals surface area contributed by atoms with Gasteiger partial charge in [-0.1, -0.05) is 18.2 Å². The van der Waals surface area contributed by atoms with E-state index in [9.17, 15) is 18.0 Å². The van der Waals surface area contributed by atoms with Gasteiger partial charge in [-0.15, -0.1) is 0 Å². The van der Waals surface area contributed by atoms with E-state index in [1.165, 1.54) is 12.3 Å². The van der Waals surface area contributed by atoms with Crippen LogP contribution in [-0.4, -0.2) is 23.7 Å². The minimum Gasteiger partial charge on any atom is -0.484 e. The minimum absolute atomic E-state index is 0.165. The molecule has 0 spiro atoms. The van der Waals surface area contributed by atoms with Crippen molar-refractivity contribution in [1.82, 2.24) is 4.98 Å². The minimum atomic E-state index is -4.44. The molecule has 0 bridgehead atoms. The monoisotopic (exact) mass is 442 g/mol. The molecule has 0 aliphatic rings. The van der Waals surface area contributed by atoms with E-state index >= 15 is 0 Å². The van der Waals surface area contributed by atoms with Crippen LogP contribution in [0.2, 0.25) is 0 Å². The molecule has 9 heteroatoms. The molecule has 0 unspecified atom stereocenters. The zero-order valence-electron chi connectivity index (χ0n) is 17.4. The zero-order chi connectivity index (χ0) is 23.1. The Balaban J connectivity index is 1.52. The predicted octanol–water partition coefficient (Wildman–Crippen LogP) is 5.18. The van der Waals surface area contributed by atoms with Gasteiger partial charge in [-0.3, -0.25) is 10.2 Å². The lowest BCUT2D eigenvalue weighted by molar-refractivity contribution is -0.137. The molecular weight excluding hydrogens is 421 g/mol. The van der Waals surface area contributed by atoms with Crippen molar-refractivity contribution in [3.63, 3.8) is 0 Å². The summed E-state index contributed by atoms with van der Waals surface area (Å²) in [6, 6.07) is 14.6. The standard InChI is InChI=1S/C23H21F3N4O2/c1-15-6-8-19(10-16(15)2)29-22(31)14-32-20-5-3-4-17(11-20)12-28-30-21-9-7-18(13-27-21)23(24,25)26/h3-13H,14H2,1-2H3,(H,27,30)(H,29,31). The first-order valence-corrected chi connectivity index (χ1v) is 9.63. The number of alkyl halides is 3. The number of benzene rings is 2. The van der Waals surface area contributed by atoms with Crippen molar-refractivity contribution < 1.29 is 22.7 Å². The van der Waals surface area contributed by atoms with E-state index in [0.29, 0.717) is 17.0 Å². The number of halogens is 3. The number of nitrogens with one attached hydrogen (secondary N) is 2. The molecule has 166 valence electrons. The molecule has 32 heavy (non-hydrogen) atoms. The number of hydrogen-bond acceptors (Lipinski definition) is 5. The maximum atomic E-state index is 12.6. The van der Waals surface area contributed by atoms with Gasteiger partial charge in [0.1, 0.15) is 11.6 Å². The van der Waals surface area contributed by atoms with E-state index in [1.807, 2.05) is 32.0 Å². The molecule has 0 fully saturated rings. The summed E-state index contributed by atoms with van der Waals surface area (Å²) >= 11 is 0. The molecule has 2 aromatic carbocycles. The van der Waals surface area contributed by atoms with Crippen molar-refractivity contribution in [3.8, 4) is 5.75 Å². The quantitative estimate of drug-likeness (QED) is 0.391. The number of hydrogen-bond donors (Lipinski definition) is 2. The van der Waals surface area contributed by atoms with Gasteiger partial charge in [0.05, 0.1) is 11.8 Å². The van der Waals surface area contributed by atoms with Crippen LogP contribution in [0.4, 0.5) is 24.7 Å². The second-order valence-electron chi connectivity index (χ2n) is 7.01. The SMILES string of the molecule is Cc1ccc(NC(=O)COc2cccc(C=NNc3ccc(C(F)(F)F)cn3)c2)cc1C. The zero-order valence-corrected chi connectivity index (χ0v) is 17.4. The van der Waals surface area contributed by atoms with Crippen molar-refractivity contribution in [2.75, 3.05) is 17.3 Å². The molecule has 0 aliphatic carbocycles. The normalized spacial score (nSPS) is 11.4. The number of aromatic nitrogens is 1. The molecular formula is C23H21F3N4O2. The van der Waals surface area contributed by atoms with Crippen LogP contribution in [0, 0.1) is 13.8 Å². The lowest BCUT2D eigenvalue weighted by atomic mass is 10.1. The average molecular weight is 442 g/mol. The van der Waals surface area contributed by atoms with Crippen molar-refractivity contribution in [3.05, 3.63) is 83.0 Å². The Hall–Kier alpha value is -3.88. The largest absolute Gasteiger partial charge is 0.484 e. The maximum absolute atomic E-state index is 12.6. The summed E-state index contributed by atoms with van der Waals surface area (Å²) in [5, 5.41) is 6.74. The molecule has 3 aromatic rings. The van der Waals surface area contributed by atoms with E-state index in [2.05, 4.69) is 20.8 Å². The van der Waals surface area contributed by atoms with Gasteiger partial charge in [0, 0.05) is 11.9 Å². The molecule has 2 N–H and O–H groups in total. The van der Waals surface area contributed by atoms with Crippen LogP contribution in [0.25, 0.3) is 0 Å². The van der Waals surface area contributed by atoms with E-state index < -0.39 is 11.7 Å². The molecule has 0 saturated heterocycles. The molecule has 0 saturated carbocycles. The highest BCUT2D eigenvalue weighted by Crippen LogP contribution is 2.28. The highest BCUT2D eigenvalue weighted by atomic mass is 19.4. The van der Waals surface area contributed by atoms with Crippen LogP contribution in [0.5, 0.6) is 5.75 Å². The Bertz CT molecular complexity index is 1110. The number of ether oxygens (including phenoxy) is 1. The van der Waals surface area contributed by atoms with Crippen LogP contribution >= 0.6 is 0 Å². The van der Waals surface area contributed by atoms with Crippen molar-refractivity contribution in [1.29, 1.82) is 0 Å². The van der Waals surface area contributed by atoms with Gasteiger partial charge < -0.3 is 10.1 Å². The van der Waals surface area contributed by atoms with Gasteiger partial charge in [-0.25, -0.2) is 4.98 Å². The highest BCUT2D eigenvalue weighted by molar-refractivity contribution is 5.92. The predicted molar refractivity (Wildman–Crippen MR) is 117 cm³/mol. The molecule has 1 amide bonds. The molecule has 1 heterocycles. The number of nitrogens with zero attached hydrogens (tertiary/aromatic N) is 2. The van der Waals surface area contributed by atoms with Gasteiger partial charge in [-0.2, -0.15) is 18.3 Å². The van der Waals surface area contributed by atoms with Crippen LogP contribution in [0.1, 0.15) is 22.3 Å². The van der Waals surface area contributed by atoms with E-state index in [0.717, 1.165) is 23.4 Å². The first-order chi connectivity index (χ1) is 15.2. The van der Waals surface area contributed by atoms with E-state index in [4.69, 9.17) is 4.74 Å². The van der Waals surface area contributed by atoms with E-state index in [-0.39, 0.29) is 18.3 Å². The summed E-state index contributed by atoms with van der Waals surface area (Å²) < 4.78 is 43.2. The molecule has 1 aromatic heterocycles. The Morgan fingerprint density at radius 1 is 1.09 bits per heavy atom. The molecule has 3 rings (SSSR count). The summed E-state index contributed by atoms with van der Waals surface area (Å²) in [5.41, 5.74) is 5.31. The number of amides is 1. The third kappa shape index (κ3) is 6.56. The topological polar surface area (TPSA) is 75.6 Å². The van der Waals surface area contributed by atoms with Crippen LogP contribution < -0.4 is 15.5 Å². The molecule has 0 atom stereocenters. The fraction of sp³-hybridized carbons (Fsp3) is 0.174. The number of carbonyl (C=O) groups is 1. The number of anilines is 2. The number of hydrazone groups is 1. The summed E-state index contributed by atoms with van der Waals surface area (Å²) in [7, 11) is 0. The van der Waals surface area contributed by atoms with Crippen molar-refractivity contribution >= 4 is 23.6 Å². The fourth-order valence-corrected chi connectivity index (χ4v) is 2.65. The third-order valence-electron chi connectivity index (χ3n) is 4.50. The van der Waals surface area contributed by atoms with Crippen molar-refractivity contribution in [2.45, 2.75) is 20.0 Å². The average Bonchev–Trinajstić information content (AvgIpc) is 2.75. The Kier molecular flexibility index (Phi) is 7.09. The lowest BCUT2D eigenvalue weighted by Gasteiger charge is -2.09. The van der Waals surface area contributed by atoms with Crippen LogP contribution in [0.3, 0.4) is 0 Å². The highest BCUT2D eigenvalue weighted by Gasteiger charge is 2.30.